The average molecular weight is 225 g/mol. The van der Waals surface area contributed by atoms with E-state index in [2.05, 4.69) is 13.8 Å². The van der Waals surface area contributed by atoms with E-state index in [0.717, 1.165) is 12.0 Å². The van der Waals surface area contributed by atoms with Gasteiger partial charge in [-0.2, -0.15) is 0 Å². The number of ketones is 1. The highest BCUT2D eigenvalue weighted by Crippen LogP contribution is 2.14. The number of carbonyl (C=O) groups is 1. The fourth-order valence-electron chi connectivity index (χ4n) is 1.48. The molecule has 0 bridgehead atoms. The molecule has 0 aromatic heterocycles. The van der Waals surface area contributed by atoms with Crippen LogP contribution in [0.1, 0.15) is 32.3 Å². The Hall–Kier alpha value is -0.820. The van der Waals surface area contributed by atoms with Crippen LogP contribution in [0.5, 0.6) is 0 Å². The van der Waals surface area contributed by atoms with Crippen LogP contribution in [-0.2, 0) is 11.2 Å². The molecule has 82 valence electrons. The molecule has 0 spiro atoms. The van der Waals surface area contributed by atoms with E-state index < -0.39 is 0 Å². The first-order valence-electron chi connectivity index (χ1n) is 5.38. The maximum absolute atomic E-state index is 11.6. The Kier molecular flexibility index (Phi) is 4.83. The zero-order valence-electron chi connectivity index (χ0n) is 9.29. The molecule has 0 saturated carbocycles. The standard InChI is InChI=1S/C13H17ClO/c1-3-10(2)7-13(15)9-11-5-4-6-12(14)8-11/h4-6,8,10H,3,7,9H2,1-2H3. The Bertz CT molecular complexity index is 333. The van der Waals surface area contributed by atoms with Crippen LogP contribution in [-0.4, -0.2) is 5.78 Å². The van der Waals surface area contributed by atoms with Crippen molar-refractivity contribution in [3.63, 3.8) is 0 Å². The van der Waals surface area contributed by atoms with Crippen molar-refractivity contribution in [1.29, 1.82) is 0 Å². The summed E-state index contributed by atoms with van der Waals surface area (Å²) < 4.78 is 0. The molecule has 0 aliphatic rings. The number of rotatable bonds is 5. The third kappa shape index (κ3) is 4.48. The third-order valence-electron chi connectivity index (χ3n) is 2.56. The Balaban J connectivity index is 2.51. The van der Waals surface area contributed by atoms with Crippen LogP contribution in [0.25, 0.3) is 0 Å². The van der Waals surface area contributed by atoms with Gasteiger partial charge in [0.25, 0.3) is 0 Å². The molecule has 0 N–H and O–H groups in total. The van der Waals surface area contributed by atoms with E-state index in [1.807, 2.05) is 24.3 Å². The van der Waals surface area contributed by atoms with Crippen molar-refractivity contribution >= 4 is 17.4 Å². The second-order valence-electron chi connectivity index (χ2n) is 4.06. The zero-order chi connectivity index (χ0) is 11.3. The van der Waals surface area contributed by atoms with Crippen LogP contribution in [0.2, 0.25) is 5.02 Å². The fraction of sp³-hybridized carbons (Fsp3) is 0.462. The lowest BCUT2D eigenvalue weighted by molar-refractivity contribution is -0.119. The quantitative estimate of drug-likeness (QED) is 0.742. The molecule has 0 radical (unpaired) electrons. The largest absolute Gasteiger partial charge is 0.299 e. The summed E-state index contributed by atoms with van der Waals surface area (Å²) in [6.45, 7) is 4.22. The number of halogens is 1. The molecular weight excluding hydrogens is 208 g/mol. The summed E-state index contributed by atoms with van der Waals surface area (Å²) in [6, 6.07) is 7.51. The SMILES string of the molecule is CCC(C)CC(=O)Cc1cccc(Cl)c1. The zero-order valence-corrected chi connectivity index (χ0v) is 10.1. The summed E-state index contributed by atoms with van der Waals surface area (Å²) in [7, 11) is 0. The highest BCUT2D eigenvalue weighted by atomic mass is 35.5. The summed E-state index contributed by atoms with van der Waals surface area (Å²) in [4.78, 5) is 11.6. The smallest absolute Gasteiger partial charge is 0.137 e. The molecule has 15 heavy (non-hydrogen) atoms. The van der Waals surface area contributed by atoms with Gasteiger partial charge in [-0.15, -0.1) is 0 Å². The van der Waals surface area contributed by atoms with Gasteiger partial charge in [-0.05, 0) is 23.6 Å². The first-order chi connectivity index (χ1) is 7.11. The Morgan fingerprint density at radius 1 is 1.47 bits per heavy atom. The maximum Gasteiger partial charge on any atom is 0.137 e. The van der Waals surface area contributed by atoms with Gasteiger partial charge in [0.05, 0.1) is 0 Å². The first kappa shape index (κ1) is 12.3. The van der Waals surface area contributed by atoms with E-state index in [0.29, 0.717) is 29.6 Å². The van der Waals surface area contributed by atoms with E-state index in [1.54, 1.807) is 0 Å². The lowest BCUT2D eigenvalue weighted by atomic mass is 9.98. The first-order valence-corrected chi connectivity index (χ1v) is 5.75. The minimum absolute atomic E-state index is 0.298. The normalized spacial score (nSPS) is 12.5. The summed E-state index contributed by atoms with van der Waals surface area (Å²) >= 11 is 5.85. The van der Waals surface area contributed by atoms with Crippen LogP contribution in [0, 0.1) is 5.92 Å². The predicted octanol–water partition coefficient (Wildman–Crippen LogP) is 3.89. The number of hydrogen-bond acceptors (Lipinski definition) is 1. The lowest BCUT2D eigenvalue weighted by Crippen LogP contribution is -2.07. The molecule has 1 atom stereocenters. The van der Waals surface area contributed by atoms with E-state index in [9.17, 15) is 4.79 Å². The van der Waals surface area contributed by atoms with Crippen molar-refractivity contribution in [1.82, 2.24) is 0 Å². The molecular formula is C13H17ClO. The van der Waals surface area contributed by atoms with Crippen molar-refractivity contribution in [2.75, 3.05) is 0 Å². The van der Waals surface area contributed by atoms with Gasteiger partial charge in [0.2, 0.25) is 0 Å². The molecule has 0 amide bonds. The molecule has 2 heteroatoms. The highest BCUT2D eigenvalue weighted by Gasteiger charge is 2.08. The Morgan fingerprint density at radius 3 is 2.80 bits per heavy atom. The van der Waals surface area contributed by atoms with Crippen LogP contribution < -0.4 is 0 Å². The van der Waals surface area contributed by atoms with Crippen molar-refractivity contribution in [2.24, 2.45) is 5.92 Å². The number of Topliss-reactive ketones (excluding diaryl/α,β-unsaturated/α-hetero) is 1. The average Bonchev–Trinajstić information content (AvgIpc) is 2.17. The highest BCUT2D eigenvalue weighted by molar-refractivity contribution is 6.30. The fourth-order valence-corrected chi connectivity index (χ4v) is 1.69. The van der Waals surface area contributed by atoms with E-state index in [-0.39, 0.29) is 0 Å². The van der Waals surface area contributed by atoms with E-state index in [1.165, 1.54) is 0 Å². The second-order valence-corrected chi connectivity index (χ2v) is 4.50. The number of benzene rings is 1. The number of hydrogen-bond donors (Lipinski definition) is 0. The Labute approximate surface area is 96.5 Å². The van der Waals surface area contributed by atoms with Crippen molar-refractivity contribution < 1.29 is 4.79 Å². The van der Waals surface area contributed by atoms with Crippen molar-refractivity contribution in [3.8, 4) is 0 Å². The molecule has 0 aliphatic heterocycles. The monoisotopic (exact) mass is 224 g/mol. The molecule has 1 rings (SSSR count). The van der Waals surface area contributed by atoms with E-state index >= 15 is 0 Å². The van der Waals surface area contributed by atoms with Crippen molar-refractivity contribution in [3.05, 3.63) is 34.9 Å². The minimum Gasteiger partial charge on any atom is -0.299 e. The van der Waals surface area contributed by atoms with Crippen LogP contribution in [0.3, 0.4) is 0 Å². The molecule has 1 aromatic rings. The van der Waals surface area contributed by atoms with Gasteiger partial charge < -0.3 is 0 Å². The van der Waals surface area contributed by atoms with Crippen molar-refractivity contribution in [2.45, 2.75) is 33.1 Å². The minimum atomic E-state index is 0.298. The van der Waals surface area contributed by atoms with Crippen LogP contribution in [0.15, 0.2) is 24.3 Å². The van der Waals surface area contributed by atoms with Gasteiger partial charge in [-0.25, -0.2) is 0 Å². The topological polar surface area (TPSA) is 17.1 Å². The van der Waals surface area contributed by atoms with Gasteiger partial charge >= 0.3 is 0 Å². The van der Waals surface area contributed by atoms with E-state index in [4.69, 9.17) is 11.6 Å². The van der Waals surface area contributed by atoms with Crippen LogP contribution >= 0.6 is 11.6 Å². The van der Waals surface area contributed by atoms with Gasteiger partial charge in [0, 0.05) is 17.9 Å². The molecule has 0 heterocycles. The predicted molar refractivity (Wildman–Crippen MR) is 64.2 cm³/mol. The van der Waals surface area contributed by atoms with Gasteiger partial charge in [-0.3, -0.25) is 4.79 Å². The summed E-state index contributed by atoms with van der Waals surface area (Å²) in [5.41, 5.74) is 1.01. The molecule has 1 unspecified atom stereocenters. The van der Waals surface area contributed by atoms with Gasteiger partial charge in [0.1, 0.15) is 5.78 Å². The molecule has 0 fully saturated rings. The second kappa shape index (κ2) is 5.92. The third-order valence-corrected chi connectivity index (χ3v) is 2.80. The maximum atomic E-state index is 11.6. The molecule has 1 nitrogen and oxygen atoms in total. The summed E-state index contributed by atoms with van der Waals surface area (Å²) in [6.07, 6.45) is 2.23. The summed E-state index contributed by atoms with van der Waals surface area (Å²) in [5, 5.41) is 0.698. The van der Waals surface area contributed by atoms with Gasteiger partial charge in [0.15, 0.2) is 0 Å². The lowest BCUT2D eigenvalue weighted by Gasteiger charge is -2.07. The van der Waals surface area contributed by atoms with Gasteiger partial charge in [-0.1, -0.05) is 44.0 Å². The molecule has 0 aliphatic carbocycles. The van der Waals surface area contributed by atoms with Crippen LogP contribution in [0.4, 0.5) is 0 Å². The number of carbonyl (C=O) groups excluding carboxylic acids is 1. The molecule has 1 aromatic carbocycles. The Morgan fingerprint density at radius 2 is 2.20 bits per heavy atom. The molecule has 0 saturated heterocycles. The summed E-state index contributed by atoms with van der Waals surface area (Å²) in [5.74, 6) is 0.781.